The van der Waals surface area contributed by atoms with Crippen LogP contribution >= 0.6 is 9.03 Å². The zero-order chi connectivity index (χ0) is 94.4. The van der Waals surface area contributed by atoms with Crippen LogP contribution in [-0.4, -0.2) is 40.0 Å². The Morgan fingerprint density at radius 3 is 1.23 bits per heavy atom. The van der Waals surface area contributed by atoms with Gasteiger partial charge < -0.3 is 36.5 Å². The van der Waals surface area contributed by atoms with Gasteiger partial charge >= 0.3 is 37.0 Å². The Hall–Kier alpha value is -15.7. The number of benzene rings is 17. The summed E-state index contributed by atoms with van der Waals surface area (Å²) in [6.07, 6.45) is 8.93. The van der Waals surface area contributed by atoms with E-state index in [1.165, 1.54) is 98.8 Å². The molecule has 0 saturated carbocycles. The van der Waals surface area contributed by atoms with Gasteiger partial charge in [0.15, 0.2) is 1.41 Å². The minimum absolute atomic E-state index is 0. The van der Waals surface area contributed by atoms with Crippen molar-refractivity contribution in [2.24, 2.45) is 0 Å². The van der Waals surface area contributed by atoms with E-state index in [2.05, 4.69) is 412 Å². The molecule has 1 aliphatic carbocycles. The van der Waals surface area contributed by atoms with Crippen molar-refractivity contribution < 1.29 is 47.6 Å². The van der Waals surface area contributed by atoms with Gasteiger partial charge in [-0.05, 0) is 227 Å². The molecular weight excluding hydrogens is 1930 g/mol. The number of hydrogen-bond acceptors (Lipinski definition) is 8. The van der Waals surface area contributed by atoms with Gasteiger partial charge in [0, 0.05) is 118 Å². The number of hydrogen-bond donors (Lipinski definition) is 1. The third-order valence-corrected chi connectivity index (χ3v) is 25.2. The molecule has 0 aliphatic heterocycles. The van der Waals surface area contributed by atoms with Crippen molar-refractivity contribution >= 4 is 141 Å². The normalized spacial score (nSPS) is 11.6. The van der Waals surface area contributed by atoms with Gasteiger partial charge in [-0.3, -0.25) is 22.7 Å². The van der Waals surface area contributed by atoms with Crippen LogP contribution in [-0.2, 0) is 26.5 Å². The van der Waals surface area contributed by atoms with Crippen LogP contribution in [0.5, 0.6) is 11.5 Å². The van der Waals surface area contributed by atoms with E-state index >= 15 is 0 Å². The first kappa shape index (κ1) is 91.4. The molecule has 23 rings (SSSR count). The number of para-hydroxylation sites is 7. The molecule has 0 atom stereocenters. The molecule has 5 aromatic heterocycles. The second kappa shape index (κ2) is 42.5. The van der Waals surface area contributed by atoms with Crippen LogP contribution in [0.15, 0.2) is 449 Å². The zero-order valence-electron chi connectivity index (χ0n) is 76.4. The molecule has 1 aliphatic rings. The largest absolute Gasteiger partial charge is 2.00 e. The molecule has 0 bridgehead atoms. The van der Waals surface area contributed by atoms with E-state index < -0.39 is 44.6 Å². The summed E-state index contributed by atoms with van der Waals surface area (Å²) in [6.45, 7) is 5.74. The number of nitrogens with one attached hydrogen (secondary N) is 1. The van der Waals surface area contributed by atoms with Crippen molar-refractivity contribution in [1.29, 1.82) is 5.15 Å². The van der Waals surface area contributed by atoms with Crippen LogP contribution in [0.3, 0.4) is 0 Å². The summed E-state index contributed by atoms with van der Waals surface area (Å²) >= 11 is -0.654. The number of aryl methyl sites for hydroxylation is 1. The molecule has 1 N–H and O–H groups in total. The molecule has 0 spiro atoms. The fourth-order valence-electron chi connectivity index (χ4n) is 17.8. The van der Waals surface area contributed by atoms with E-state index in [4.69, 9.17) is 8.99 Å². The van der Waals surface area contributed by atoms with Crippen LogP contribution in [0.4, 0.5) is 51.7 Å². The summed E-state index contributed by atoms with van der Waals surface area (Å²) < 4.78 is 77.1. The standard InChI is InChI=1S/C44H32N2.C30H20N2.C25H16F4N2.C12H12O.C10H9NO.Al.H2NP.Pt/c1-3-17-37(18-4-1)45(43-23-11-15-35-13-7-9-21-41(35)43)39-29-25-33(26-30-39)34-27-31-40(32-28-34)46(38-19-5-2-6-20-38)44-24-12-16-36-14-8-10-22-42(36)44;1-5-16-27-23(12-1)24-13-2-6-17-28(24)31(27)21-10-9-11-22(20-21)32-29-18-7-3-14-25(29)26-15-4-8-19-30(26)32;1-25(2,23-7-3-5-21(30-23)17-11-9-15(26)13-19(17)28)24-8-4-6-22(31-24)18-12-10-16(27)14-20(18)29;13-12-8-6-11(7-9-12)10-4-2-1-3-5-10;1-7-5-6-8-3-2-4-9(12)10(8)11-7;;1-2;/h1-32H;1-20H;3-10,13-14H,1-2H3;2,4-9,13H,1,3H2;2-6,12H,1H3;;1-2H;/q;;-2;;;+2;;+2/p-2/i/hD. The van der Waals surface area contributed by atoms with Gasteiger partial charge in [0.25, 0.3) is 0 Å². The molecule has 671 valence electrons. The van der Waals surface area contributed by atoms with E-state index in [9.17, 15) is 17.6 Å². The van der Waals surface area contributed by atoms with Gasteiger partial charge in [-0.15, -0.1) is 24.3 Å². The van der Waals surface area contributed by atoms with Crippen molar-refractivity contribution in [3.63, 3.8) is 0 Å². The number of allylic oxidation sites excluding steroid dienone is 4. The van der Waals surface area contributed by atoms with E-state index in [0.717, 1.165) is 99.3 Å². The number of aromatic nitrogens is 5. The van der Waals surface area contributed by atoms with E-state index in [-0.39, 0.29) is 32.2 Å². The third-order valence-electron chi connectivity index (χ3n) is 24.5. The Balaban J connectivity index is 0.000000124. The monoisotopic (exact) mass is 2020 g/mol. The quantitative estimate of drug-likeness (QED) is 0.0396. The third kappa shape index (κ3) is 19.9. The second-order valence-electron chi connectivity index (χ2n) is 33.5. The first-order chi connectivity index (χ1) is 67.7. The molecule has 22 aromatic rings. The maximum absolute atomic E-state index is 14.2. The molecule has 17 heteroatoms. The van der Waals surface area contributed by atoms with Crippen molar-refractivity contribution in [3.05, 3.63) is 507 Å². The molecule has 1 radical (unpaired) electrons. The van der Waals surface area contributed by atoms with Gasteiger partial charge in [0.05, 0.1) is 39.2 Å². The number of rotatable bonds is 18. The summed E-state index contributed by atoms with van der Waals surface area (Å²) in [4.78, 5) is 18.4. The number of halogens is 4. The second-order valence-corrected chi connectivity index (χ2v) is 34.2. The summed E-state index contributed by atoms with van der Waals surface area (Å²) in [7, 11) is 2.48. The minimum atomic E-state index is -0.759. The maximum atomic E-state index is 14.2. The van der Waals surface area contributed by atoms with Crippen LogP contribution in [0.25, 0.3) is 127 Å². The Bertz CT molecular complexity index is 7730. The summed E-state index contributed by atoms with van der Waals surface area (Å²) in [5, 5.41) is 13.7. The minimum Gasteiger partial charge on any atom is -0.616 e. The molecule has 5 heterocycles. The van der Waals surface area contributed by atoms with Crippen molar-refractivity contribution in [2.45, 2.75) is 39.0 Å². The maximum Gasteiger partial charge on any atom is 2.00 e. The molecule has 0 fully saturated rings. The first-order valence-corrected chi connectivity index (χ1v) is 46.5. The molecule has 0 unspecified atom stereocenters. The van der Waals surface area contributed by atoms with Crippen molar-refractivity contribution in [1.82, 2.24) is 24.1 Å². The molecule has 138 heavy (non-hydrogen) atoms. The smallest absolute Gasteiger partial charge is 0.616 e. The topological polar surface area (TPSA) is 97.3 Å². The van der Waals surface area contributed by atoms with Crippen LogP contribution in [0.1, 0.15) is 49.3 Å². The Kier molecular flexibility index (Phi) is 28.1. The fourth-order valence-corrected chi connectivity index (χ4v) is 18.5. The Labute approximate surface area is 823 Å². The van der Waals surface area contributed by atoms with Gasteiger partial charge in [0.1, 0.15) is 11.3 Å². The SMILES string of the molecule is CC(C)(c1cccc(-c2[c-]cc(F)cc2F)n1)c1cccc(-c2[c-]cc(F)cc2F)n1.Cc1ccc2cccc([O][Al][O]c3ccc(C4=CCCC=C4)cc3)c2n1.[2H]N=P.[Pt+2].c1cc(-n2c3ccccc3c3ccccc32)cc(-n2c3ccccc3c3ccccc32)c1.c1ccc(N(c2ccc(-c3ccc(N(c4ccccc4)c4cccc5ccccc45)cc3)cc2)c2cccc3ccccc23)cc1. The number of anilines is 6. The van der Waals surface area contributed by atoms with Gasteiger partial charge in [-0.25, -0.2) is 4.98 Å². The molecular formula is C121H89AlF4N8O2PPt. The molecule has 0 amide bonds. The van der Waals surface area contributed by atoms with Crippen LogP contribution in [0, 0.1) is 47.5 Å². The predicted molar refractivity (Wildman–Crippen MR) is 558 cm³/mol. The number of nitrogens with zero attached hydrogens (tertiary/aromatic N) is 7. The zero-order valence-corrected chi connectivity index (χ0v) is 79.9. The summed E-state index contributed by atoms with van der Waals surface area (Å²) in [5.41, 5.74) is 21.9. The van der Waals surface area contributed by atoms with E-state index in [1.807, 2.05) is 57.2 Å². The van der Waals surface area contributed by atoms with E-state index in [1.54, 1.807) is 36.4 Å². The van der Waals surface area contributed by atoms with Crippen LogP contribution < -0.4 is 17.4 Å². The number of fused-ring (bicyclic) bond motifs is 9. The number of pyridine rings is 3. The van der Waals surface area contributed by atoms with E-state index in [0.29, 0.717) is 22.8 Å². The first-order valence-electron chi connectivity index (χ1n) is 45.6. The molecule has 0 saturated heterocycles. The van der Waals surface area contributed by atoms with Gasteiger partial charge in [0.2, 0.25) is 0 Å². The van der Waals surface area contributed by atoms with Crippen molar-refractivity contribution in [3.8, 4) is 56.5 Å². The summed E-state index contributed by atoms with van der Waals surface area (Å²) in [6, 6.07) is 150. The van der Waals surface area contributed by atoms with Gasteiger partial charge in [-0.1, -0.05) is 308 Å². The average molecular weight is 2020 g/mol. The van der Waals surface area contributed by atoms with Gasteiger partial charge in [-0.2, -0.15) is 0 Å². The summed E-state index contributed by atoms with van der Waals surface area (Å²) in [5.74, 6) is -1.36. The molecule has 10 nitrogen and oxygen atoms in total. The average Bonchev–Trinajstić information content (AvgIpc) is 1.57. The predicted octanol–water partition coefficient (Wildman–Crippen LogP) is 32.9. The van der Waals surface area contributed by atoms with Crippen LogP contribution in [0.2, 0.25) is 1.41 Å². The molecule has 17 aromatic carbocycles. The Morgan fingerprint density at radius 2 is 0.783 bits per heavy atom. The fraction of sp³-hybridized carbons (Fsp3) is 0.0496. The van der Waals surface area contributed by atoms with Crippen molar-refractivity contribution in [2.75, 3.05) is 9.80 Å². The Morgan fingerprint density at radius 1 is 0.391 bits per heavy atom.